The highest BCUT2D eigenvalue weighted by Gasteiger charge is 2.29. The van der Waals surface area contributed by atoms with Crippen molar-refractivity contribution in [2.75, 3.05) is 13.7 Å². The van der Waals surface area contributed by atoms with Crippen LogP contribution in [0.4, 0.5) is 4.39 Å². The Morgan fingerprint density at radius 3 is 2.70 bits per heavy atom. The standard InChI is InChI=1S/C35H30FN5O3/c1-44-33-13-21-9-10-41-32(28(21)14-29(33)24-16-37-20-38-17-24)15-30(34(41)22-5-4-6-25(36)11-22)35(43)40-26(19-42)12-23-18-39-31-8-3-2-7-27(23)31/h2-8,11,13-18,20,26,39,42H,9-10,12,19H2,1H3,(H,40,43)/t26-/m1/s1. The van der Waals surface area contributed by atoms with Gasteiger partial charge in [-0.15, -0.1) is 0 Å². The number of carbonyl (C=O) groups is 1. The van der Waals surface area contributed by atoms with E-state index in [-0.39, 0.29) is 18.3 Å². The highest BCUT2D eigenvalue weighted by atomic mass is 19.1. The molecular weight excluding hydrogens is 557 g/mol. The number of para-hydroxylation sites is 1. The fourth-order valence-corrected chi connectivity index (χ4v) is 6.25. The van der Waals surface area contributed by atoms with Crippen LogP contribution in [0.5, 0.6) is 5.75 Å². The van der Waals surface area contributed by atoms with Crippen molar-refractivity contribution in [3.05, 3.63) is 114 Å². The fraction of sp³-hybridized carbons (Fsp3) is 0.171. The lowest BCUT2D eigenvalue weighted by Gasteiger charge is -2.24. The van der Waals surface area contributed by atoms with Crippen molar-refractivity contribution in [1.82, 2.24) is 24.8 Å². The summed E-state index contributed by atoms with van der Waals surface area (Å²) in [6.07, 6.45) is 8.00. The van der Waals surface area contributed by atoms with E-state index in [0.29, 0.717) is 42.0 Å². The van der Waals surface area contributed by atoms with E-state index in [2.05, 4.69) is 24.8 Å². The summed E-state index contributed by atoms with van der Waals surface area (Å²) < 4.78 is 22.3. The number of benzene rings is 3. The number of amides is 1. The van der Waals surface area contributed by atoms with E-state index >= 15 is 0 Å². The lowest BCUT2D eigenvalue weighted by molar-refractivity contribution is 0.0917. The van der Waals surface area contributed by atoms with Crippen LogP contribution in [-0.4, -0.2) is 50.3 Å². The monoisotopic (exact) mass is 587 g/mol. The van der Waals surface area contributed by atoms with Gasteiger partial charge in [0.25, 0.3) is 5.91 Å². The number of nitrogens with zero attached hydrogens (tertiary/aromatic N) is 3. The Morgan fingerprint density at radius 1 is 1.07 bits per heavy atom. The summed E-state index contributed by atoms with van der Waals surface area (Å²) in [6.45, 7) is 0.358. The largest absolute Gasteiger partial charge is 0.496 e. The second kappa shape index (κ2) is 11.4. The Hall–Kier alpha value is -5.28. The van der Waals surface area contributed by atoms with Crippen LogP contribution >= 0.6 is 0 Å². The molecule has 0 saturated heterocycles. The summed E-state index contributed by atoms with van der Waals surface area (Å²) >= 11 is 0. The van der Waals surface area contributed by atoms with Gasteiger partial charge in [-0.05, 0) is 60.4 Å². The Balaban J connectivity index is 1.31. The van der Waals surface area contributed by atoms with Crippen LogP contribution in [0.25, 0.3) is 44.5 Å². The Kier molecular flexibility index (Phi) is 7.15. The van der Waals surface area contributed by atoms with E-state index in [1.165, 1.54) is 18.5 Å². The minimum atomic E-state index is -0.528. The molecule has 6 aromatic rings. The number of nitrogens with one attached hydrogen (secondary N) is 2. The van der Waals surface area contributed by atoms with Crippen LogP contribution in [0.2, 0.25) is 0 Å². The van der Waals surface area contributed by atoms with Crippen LogP contribution in [0, 0.1) is 5.82 Å². The number of hydrogen-bond acceptors (Lipinski definition) is 5. The number of aliphatic hydroxyl groups excluding tert-OH is 1. The van der Waals surface area contributed by atoms with Gasteiger partial charge in [0.05, 0.1) is 31.0 Å². The maximum atomic E-state index is 14.5. The van der Waals surface area contributed by atoms with Crippen molar-refractivity contribution in [3.8, 4) is 39.4 Å². The second-order valence-corrected chi connectivity index (χ2v) is 11.0. The maximum absolute atomic E-state index is 14.5. The van der Waals surface area contributed by atoms with E-state index in [1.807, 2.05) is 54.7 Å². The van der Waals surface area contributed by atoms with E-state index in [0.717, 1.165) is 44.4 Å². The predicted octanol–water partition coefficient (Wildman–Crippen LogP) is 5.80. The third-order valence-corrected chi connectivity index (χ3v) is 8.31. The van der Waals surface area contributed by atoms with E-state index in [9.17, 15) is 14.3 Å². The van der Waals surface area contributed by atoms with E-state index in [4.69, 9.17) is 4.74 Å². The molecule has 4 heterocycles. The fourth-order valence-electron chi connectivity index (χ4n) is 6.25. The van der Waals surface area contributed by atoms with Crippen LogP contribution in [-0.2, 0) is 19.4 Å². The van der Waals surface area contributed by atoms with E-state index in [1.54, 1.807) is 25.6 Å². The highest BCUT2D eigenvalue weighted by molar-refractivity contribution is 6.03. The molecule has 7 rings (SSSR count). The third kappa shape index (κ3) is 4.91. The molecule has 0 fully saturated rings. The molecule has 0 bridgehead atoms. The molecule has 3 aromatic heterocycles. The molecule has 0 saturated carbocycles. The van der Waals surface area contributed by atoms with Crippen LogP contribution in [0.15, 0.2) is 91.6 Å². The molecule has 1 amide bonds. The molecule has 1 aliphatic rings. The molecule has 1 atom stereocenters. The number of hydrogen-bond donors (Lipinski definition) is 3. The number of aliphatic hydroxyl groups is 1. The Labute approximate surface area is 253 Å². The quantitative estimate of drug-likeness (QED) is 0.209. The molecule has 0 spiro atoms. The first-order valence-corrected chi connectivity index (χ1v) is 14.5. The summed E-state index contributed by atoms with van der Waals surface area (Å²) in [4.78, 5) is 25.6. The zero-order valence-electron chi connectivity index (χ0n) is 24.0. The zero-order chi connectivity index (χ0) is 30.2. The normalized spacial score (nSPS) is 12.9. The van der Waals surface area contributed by atoms with Gasteiger partial charge in [-0.25, -0.2) is 14.4 Å². The number of rotatable bonds is 8. The van der Waals surface area contributed by atoms with Gasteiger partial charge >= 0.3 is 0 Å². The second-order valence-electron chi connectivity index (χ2n) is 11.0. The predicted molar refractivity (Wildman–Crippen MR) is 167 cm³/mol. The minimum absolute atomic E-state index is 0.237. The number of aryl methyl sites for hydroxylation is 1. The third-order valence-electron chi connectivity index (χ3n) is 8.31. The first-order chi connectivity index (χ1) is 21.5. The van der Waals surface area contributed by atoms with Gasteiger partial charge in [0.15, 0.2) is 0 Å². The molecule has 44 heavy (non-hydrogen) atoms. The molecule has 1 aliphatic heterocycles. The topological polar surface area (TPSA) is 105 Å². The number of aromatic amines is 1. The number of carbonyl (C=O) groups excluding carboxylic acids is 1. The van der Waals surface area contributed by atoms with Crippen molar-refractivity contribution in [2.24, 2.45) is 0 Å². The molecule has 0 unspecified atom stereocenters. The van der Waals surface area contributed by atoms with Crippen LogP contribution < -0.4 is 10.1 Å². The molecule has 3 aromatic carbocycles. The molecule has 220 valence electrons. The first kappa shape index (κ1) is 27.5. The highest BCUT2D eigenvalue weighted by Crippen LogP contribution is 2.42. The SMILES string of the molecule is COc1cc2c(cc1-c1cncnc1)-c1cc(C(=O)N[C@@H](CO)Cc3c[nH]c4ccccc34)c(-c3cccc(F)c3)n1CC2. The maximum Gasteiger partial charge on any atom is 0.253 e. The van der Waals surface area contributed by atoms with Gasteiger partial charge in [-0.1, -0.05) is 30.3 Å². The summed E-state index contributed by atoms with van der Waals surface area (Å²) in [6, 6.07) is 19.6. The number of fused-ring (bicyclic) bond motifs is 4. The average molecular weight is 588 g/mol. The summed E-state index contributed by atoms with van der Waals surface area (Å²) in [7, 11) is 1.64. The Morgan fingerprint density at radius 2 is 1.91 bits per heavy atom. The molecule has 3 N–H and O–H groups in total. The van der Waals surface area contributed by atoms with Crippen molar-refractivity contribution in [2.45, 2.75) is 25.4 Å². The van der Waals surface area contributed by atoms with E-state index < -0.39 is 6.04 Å². The Bertz CT molecular complexity index is 2000. The minimum Gasteiger partial charge on any atom is -0.496 e. The van der Waals surface area contributed by atoms with Gasteiger partial charge in [0.2, 0.25) is 0 Å². The van der Waals surface area contributed by atoms with Gasteiger partial charge in [-0.3, -0.25) is 4.79 Å². The zero-order valence-corrected chi connectivity index (χ0v) is 24.0. The van der Waals surface area contributed by atoms with Crippen LogP contribution in [0.1, 0.15) is 21.5 Å². The van der Waals surface area contributed by atoms with Gasteiger partial charge in [0, 0.05) is 64.0 Å². The van der Waals surface area contributed by atoms with Gasteiger partial charge < -0.3 is 24.7 Å². The van der Waals surface area contributed by atoms with Gasteiger partial charge in [-0.2, -0.15) is 0 Å². The number of aromatic nitrogens is 4. The molecule has 8 nitrogen and oxygen atoms in total. The summed E-state index contributed by atoms with van der Waals surface area (Å²) in [5.74, 6) is -0.00831. The molecule has 0 aliphatic carbocycles. The molecular formula is C35H30FN5O3. The lowest BCUT2D eigenvalue weighted by Crippen LogP contribution is -2.39. The molecule has 0 radical (unpaired) electrons. The van der Waals surface area contributed by atoms with Gasteiger partial charge in [0.1, 0.15) is 17.9 Å². The summed E-state index contributed by atoms with van der Waals surface area (Å²) in [5, 5.41) is 14.4. The van der Waals surface area contributed by atoms with Crippen LogP contribution in [0.3, 0.4) is 0 Å². The number of ether oxygens (including phenoxy) is 1. The van der Waals surface area contributed by atoms with Crippen molar-refractivity contribution < 1.29 is 19.0 Å². The van der Waals surface area contributed by atoms with Crippen molar-refractivity contribution in [3.63, 3.8) is 0 Å². The molecule has 9 heteroatoms. The van der Waals surface area contributed by atoms with Crippen molar-refractivity contribution >= 4 is 16.8 Å². The number of H-pyrrole nitrogens is 1. The summed E-state index contributed by atoms with van der Waals surface area (Å²) in [5.41, 5.74) is 8.16. The first-order valence-electron chi connectivity index (χ1n) is 14.5. The lowest BCUT2D eigenvalue weighted by atomic mass is 9.93. The number of halogens is 1. The average Bonchev–Trinajstić information content (AvgIpc) is 3.66. The number of methoxy groups -OCH3 is 1. The smallest absolute Gasteiger partial charge is 0.253 e. The van der Waals surface area contributed by atoms with Crippen molar-refractivity contribution in [1.29, 1.82) is 0 Å².